The molecule has 0 saturated heterocycles. The third-order valence-corrected chi connectivity index (χ3v) is 2.33. The summed E-state index contributed by atoms with van der Waals surface area (Å²) < 4.78 is 4.61. The summed E-state index contributed by atoms with van der Waals surface area (Å²) in [4.78, 5) is 14.3. The number of unbranched alkanes of at least 4 members (excludes halogenated alkanes) is 3. The quantitative estimate of drug-likeness (QED) is 0.594. The van der Waals surface area contributed by atoms with E-state index in [1.807, 2.05) is 6.07 Å². The molecule has 1 heterocycles. The minimum absolute atomic E-state index is 0.214. The fraction of sp³-hybridized carbons (Fsp3) is 0.500. The summed E-state index contributed by atoms with van der Waals surface area (Å²) in [6, 6.07) is 3.65. The molecule has 0 atom stereocenters. The van der Waals surface area contributed by atoms with Crippen LogP contribution < -0.4 is 4.74 Å². The van der Waals surface area contributed by atoms with Crippen LogP contribution in [0.1, 0.15) is 38.2 Å². The number of aryl methyl sites for hydroxylation is 1. The lowest BCUT2D eigenvalue weighted by molar-refractivity contribution is 0.142. The van der Waals surface area contributed by atoms with Gasteiger partial charge in [-0.2, -0.15) is 0 Å². The molecule has 1 N–H and O–H groups in total. The highest BCUT2D eigenvalue weighted by Gasteiger charge is 2.08. The molecule has 0 aliphatic heterocycles. The van der Waals surface area contributed by atoms with Crippen molar-refractivity contribution in [3.05, 3.63) is 23.9 Å². The molecule has 0 unspecified atom stereocenters. The molecule has 1 aromatic rings. The van der Waals surface area contributed by atoms with Gasteiger partial charge in [-0.15, -0.1) is 0 Å². The first kappa shape index (κ1) is 12.5. The summed E-state index contributed by atoms with van der Waals surface area (Å²) >= 11 is 0. The number of nitrogens with zero attached hydrogens (tertiary/aromatic N) is 1. The molecule has 0 spiro atoms. The predicted octanol–water partition coefficient (Wildman–Crippen LogP) is 3.26. The van der Waals surface area contributed by atoms with Crippen molar-refractivity contribution in [3.63, 3.8) is 0 Å². The molecule has 16 heavy (non-hydrogen) atoms. The van der Waals surface area contributed by atoms with E-state index in [4.69, 9.17) is 5.11 Å². The molecule has 0 amide bonds. The van der Waals surface area contributed by atoms with Crippen LogP contribution in [0.4, 0.5) is 4.79 Å². The highest BCUT2D eigenvalue weighted by Crippen LogP contribution is 2.17. The van der Waals surface area contributed by atoms with Crippen molar-refractivity contribution >= 4 is 6.16 Å². The van der Waals surface area contributed by atoms with Crippen LogP contribution >= 0.6 is 0 Å². The van der Waals surface area contributed by atoms with Crippen molar-refractivity contribution in [1.29, 1.82) is 0 Å². The van der Waals surface area contributed by atoms with Gasteiger partial charge in [-0.1, -0.05) is 32.3 Å². The molecular formula is C12H17NO3. The third kappa shape index (κ3) is 4.29. The maximum Gasteiger partial charge on any atom is 0.512 e. The zero-order valence-corrected chi connectivity index (χ0v) is 9.48. The van der Waals surface area contributed by atoms with Crippen LogP contribution in [-0.2, 0) is 6.42 Å². The van der Waals surface area contributed by atoms with E-state index in [9.17, 15) is 4.79 Å². The van der Waals surface area contributed by atoms with Gasteiger partial charge in [0, 0.05) is 11.8 Å². The Hall–Kier alpha value is -1.58. The molecule has 0 aromatic carbocycles. The van der Waals surface area contributed by atoms with Gasteiger partial charge in [0.05, 0.1) is 0 Å². The van der Waals surface area contributed by atoms with Crippen LogP contribution in [0.15, 0.2) is 18.3 Å². The fourth-order valence-electron chi connectivity index (χ4n) is 1.53. The van der Waals surface area contributed by atoms with E-state index in [2.05, 4.69) is 16.6 Å². The van der Waals surface area contributed by atoms with Crippen molar-refractivity contribution in [3.8, 4) is 5.88 Å². The molecule has 1 aromatic heterocycles. The standard InChI is InChI=1S/C12H17NO3/c1-2-3-4-5-7-10-8-6-9-13-11(10)16-12(14)15/h6,8-9H,2-5,7H2,1H3,(H,14,15). The number of carbonyl (C=O) groups is 1. The van der Waals surface area contributed by atoms with E-state index in [-0.39, 0.29) is 5.88 Å². The van der Waals surface area contributed by atoms with Gasteiger partial charge in [-0.3, -0.25) is 0 Å². The average molecular weight is 223 g/mol. The maximum atomic E-state index is 10.4. The second kappa shape index (κ2) is 6.82. The Bertz CT molecular complexity index is 339. The van der Waals surface area contributed by atoms with Gasteiger partial charge in [0.1, 0.15) is 0 Å². The molecule has 88 valence electrons. The van der Waals surface area contributed by atoms with Crippen molar-refractivity contribution in [1.82, 2.24) is 4.98 Å². The largest absolute Gasteiger partial charge is 0.512 e. The number of carboxylic acid groups (broad SMARTS) is 1. The summed E-state index contributed by atoms with van der Waals surface area (Å²) in [5.74, 6) is 0.214. The van der Waals surface area contributed by atoms with Crippen LogP contribution in [0, 0.1) is 0 Å². The Morgan fingerprint density at radius 1 is 1.44 bits per heavy atom. The molecule has 0 bridgehead atoms. The van der Waals surface area contributed by atoms with Gasteiger partial charge in [0.15, 0.2) is 0 Å². The SMILES string of the molecule is CCCCCCc1cccnc1OC(=O)O. The zero-order chi connectivity index (χ0) is 11.8. The van der Waals surface area contributed by atoms with Crippen LogP contribution in [-0.4, -0.2) is 16.2 Å². The number of ether oxygens (including phenoxy) is 1. The first-order valence-electron chi connectivity index (χ1n) is 5.58. The number of rotatable bonds is 6. The van der Waals surface area contributed by atoms with Gasteiger partial charge < -0.3 is 9.84 Å². The third-order valence-electron chi connectivity index (χ3n) is 2.33. The van der Waals surface area contributed by atoms with Crippen molar-refractivity contribution in [2.75, 3.05) is 0 Å². The smallest absolute Gasteiger partial charge is 0.449 e. The minimum Gasteiger partial charge on any atom is -0.449 e. The van der Waals surface area contributed by atoms with E-state index in [1.54, 1.807) is 6.07 Å². The van der Waals surface area contributed by atoms with Crippen LogP contribution in [0.2, 0.25) is 0 Å². The molecule has 4 nitrogen and oxygen atoms in total. The molecule has 0 aliphatic carbocycles. The fourth-order valence-corrected chi connectivity index (χ4v) is 1.53. The van der Waals surface area contributed by atoms with Crippen molar-refractivity contribution in [2.45, 2.75) is 39.0 Å². The first-order chi connectivity index (χ1) is 7.74. The Labute approximate surface area is 95.3 Å². The van der Waals surface area contributed by atoms with Gasteiger partial charge in [0.2, 0.25) is 5.88 Å². The van der Waals surface area contributed by atoms with E-state index >= 15 is 0 Å². The van der Waals surface area contributed by atoms with Gasteiger partial charge in [-0.25, -0.2) is 9.78 Å². The molecule has 0 fully saturated rings. The second-order valence-corrected chi connectivity index (χ2v) is 3.65. The number of pyridine rings is 1. The molecule has 0 aliphatic rings. The Balaban J connectivity index is 2.53. The van der Waals surface area contributed by atoms with Gasteiger partial charge in [-0.05, 0) is 18.9 Å². The van der Waals surface area contributed by atoms with Crippen molar-refractivity contribution < 1.29 is 14.6 Å². The minimum atomic E-state index is -1.31. The summed E-state index contributed by atoms with van der Waals surface area (Å²) in [5.41, 5.74) is 0.862. The van der Waals surface area contributed by atoms with Gasteiger partial charge >= 0.3 is 6.16 Å². The van der Waals surface area contributed by atoms with Crippen LogP contribution in [0.25, 0.3) is 0 Å². The number of aromatic nitrogens is 1. The Morgan fingerprint density at radius 2 is 2.25 bits per heavy atom. The normalized spacial score (nSPS) is 10.1. The van der Waals surface area contributed by atoms with E-state index in [1.165, 1.54) is 19.0 Å². The average Bonchev–Trinajstić information content (AvgIpc) is 2.26. The zero-order valence-electron chi connectivity index (χ0n) is 9.48. The van der Waals surface area contributed by atoms with E-state index in [0.29, 0.717) is 0 Å². The summed E-state index contributed by atoms with van der Waals surface area (Å²) in [6.45, 7) is 2.16. The Kier molecular flexibility index (Phi) is 5.32. The predicted molar refractivity (Wildman–Crippen MR) is 60.7 cm³/mol. The van der Waals surface area contributed by atoms with Gasteiger partial charge in [0.25, 0.3) is 0 Å². The van der Waals surface area contributed by atoms with Crippen LogP contribution in [0.5, 0.6) is 5.88 Å². The summed E-state index contributed by atoms with van der Waals surface area (Å²) in [7, 11) is 0. The maximum absolute atomic E-state index is 10.4. The van der Waals surface area contributed by atoms with E-state index < -0.39 is 6.16 Å². The number of hydrogen-bond donors (Lipinski definition) is 1. The molecule has 0 radical (unpaired) electrons. The molecule has 0 saturated carbocycles. The molecule has 4 heteroatoms. The second-order valence-electron chi connectivity index (χ2n) is 3.65. The summed E-state index contributed by atoms with van der Waals surface area (Å²) in [6.07, 6.45) is 5.62. The van der Waals surface area contributed by atoms with E-state index in [0.717, 1.165) is 24.8 Å². The first-order valence-corrected chi connectivity index (χ1v) is 5.58. The molecular weight excluding hydrogens is 206 g/mol. The topological polar surface area (TPSA) is 59.4 Å². The Morgan fingerprint density at radius 3 is 2.94 bits per heavy atom. The highest BCUT2D eigenvalue weighted by molar-refractivity contribution is 5.60. The highest BCUT2D eigenvalue weighted by atomic mass is 16.7. The lowest BCUT2D eigenvalue weighted by Crippen LogP contribution is -2.06. The number of hydrogen-bond acceptors (Lipinski definition) is 3. The summed E-state index contributed by atoms with van der Waals surface area (Å²) in [5, 5.41) is 8.54. The van der Waals surface area contributed by atoms with Crippen molar-refractivity contribution in [2.24, 2.45) is 0 Å². The lowest BCUT2D eigenvalue weighted by atomic mass is 10.1. The monoisotopic (exact) mass is 223 g/mol. The molecule has 1 rings (SSSR count). The lowest BCUT2D eigenvalue weighted by Gasteiger charge is -2.05. The van der Waals surface area contributed by atoms with Crippen LogP contribution in [0.3, 0.4) is 0 Å².